The molecule has 0 aliphatic carbocycles. The van der Waals surface area contributed by atoms with Gasteiger partial charge >= 0.3 is 0 Å². The van der Waals surface area contributed by atoms with E-state index in [1.807, 2.05) is 12.1 Å². The molecule has 0 saturated carbocycles. The highest BCUT2D eigenvalue weighted by molar-refractivity contribution is 5.41. The van der Waals surface area contributed by atoms with Gasteiger partial charge in [0.1, 0.15) is 24.2 Å². The SMILES string of the molecule is CCN(Cc1ccco1)CC(O)COc1ccc(N)cc1. The Morgan fingerprint density at radius 1 is 1.29 bits per heavy atom. The van der Waals surface area contributed by atoms with Gasteiger partial charge in [0.25, 0.3) is 0 Å². The maximum Gasteiger partial charge on any atom is 0.119 e. The summed E-state index contributed by atoms with van der Waals surface area (Å²) in [5.41, 5.74) is 6.30. The molecule has 0 fully saturated rings. The molecule has 2 rings (SSSR count). The highest BCUT2D eigenvalue weighted by Gasteiger charge is 2.12. The van der Waals surface area contributed by atoms with E-state index in [1.54, 1.807) is 30.5 Å². The van der Waals surface area contributed by atoms with Gasteiger partial charge in [-0.2, -0.15) is 0 Å². The largest absolute Gasteiger partial charge is 0.491 e. The number of aliphatic hydroxyl groups excluding tert-OH is 1. The third-order valence-electron chi connectivity index (χ3n) is 3.20. The van der Waals surface area contributed by atoms with Crippen molar-refractivity contribution in [2.45, 2.75) is 19.6 Å². The van der Waals surface area contributed by atoms with Crippen LogP contribution in [0.5, 0.6) is 5.75 Å². The van der Waals surface area contributed by atoms with Crippen molar-refractivity contribution in [1.82, 2.24) is 4.90 Å². The van der Waals surface area contributed by atoms with Gasteiger partial charge in [-0.1, -0.05) is 6.92 Å². The second-order valence-corrected chi connectivity index (χ2v) is 4.94. The van der Waals surface area contributed by atoms with Gasteiger partial charge < -0.3 is 20.0 Å². The number of likely N-dealkylation sites (N-methyl/N-ethyl adjacent to an activating group) is 1. The van der Waals surface area contributed by atoms with Gasteiger partial charge in [0.05, 0.1) is 12.8 Å². The molecule has 114 valence electrons. The average Bonchev–Trinajstić information content (AvgIpc) is 2.99. The van der Waals surface area contributed by atoms with Crippen molar-refractivity contribution in [1.29, 1.82) is 0 Å². The first kappa shape index (κ1) is 15.4. The smallest absolute Gasteiger partial charge is 0.119 e. The van der Waals surface area contributed by atoms with Gasteiger partial charge in [-0.3, -0.25) is 4.90 Å². The number of nitrogens with two attached hydrogens (primary N) is 1. The number of ether oxygens (including phenoxy) is 1. The minimum atomic E-state index is -0.558. The van der Waals surface area contributed by atoms with Gasteiger partial charge in [0, 0.05) is 12.2 Å². The summed E-state index contributed by atoms with van der Waals surface area (Å²) in [5, 5.41) is 10.1. The van der Waals surface area contributed by atoms with Crippen molar-refractivity contribution in [3.8, 4) is 5.75 Å². The van der Waals surface area contributed by atoms with E-state index in [2.05, 4.69) is 11.8 Å². The van der Waals surface area contributed by atoms with Crippen molar-refractivity contribution in [2.75, 3.05) is 25.4 Å². The zero-order valence-electron chi connectivity index (χ0n) is 12.2. The number of hydrogen-bond donors (Lipinski definition) is 2. The zero-order chi connectivity index (χ0) is 15.1. The average molecular weight is 290 g/mol. The maximum atomic E-state index is 10.1. The van der Waals surface area contributed by atoms with Crippen LogP contribution in [0.2, 0.25) is 0 Å². The summed E-state index contributed by atoms with van der Waals surface area (Å²) in [4.78, 5) is 2.11. The summed E-state index contributed by atoms with van der Waals surface area (Å²) >= 11 is 0. The van der Waals surface area contributed by atoms with Crippen LogP contribution in [0.3, 0.4) is 0 Å². The lowest BCUT2D eigenvalue weighted by Crippen LogP contribution is -2.35. The minimum Gasteiger partial charge on any atom is -0.491 e. The van der Waals surface area contributed by atoms with Gasteiger partial charge in [-0.05, 0) is 42.9 Å². The first-order valence-electron chi connectivity index (χ1n) is 7.08. The fraction of sp³-hybridized carbons (Fsp3) is 0.375. The Labute approximate surface area is 124 Å². The quantitative estimate of drug-likeness (QED) is 0.729. The first-order chi connectivity index (χ1) is 10.2. The summed E-state index contributed by atoms with van der Waals surface area (Å²) in [5.74, 6) is 1.60. The summed E-state index contributed by atoms with van der Waals surface area (Å²) in [6.07, 6.45) is 1.10. The molecule has 21 heavy (non-hydrogen) atoms. The lowest BCUT2D eigenvalue weighted by Gasteiger charge is -2.22. The summed E-state index contributed by atoms with van der Waals surface area (Å²) < 4.78 is 10.9. The predicted molar refractivity (Wildman–Crippen MR) is 82.0 cm³/mol. The van der Waals surface area contributed by atoms with E-state index in [0.717, 1.165) is 12.3 Å². The van der Waals surface area contributed by atoms with Gasteiger partial charge in [0.2, 0.25) is 0 Å². The van der Waals surface area contributed by atoms with Crippen LogP contribution < -0.4 is 10.5 Å². The Morgan fingerprint density at radius 2 is 2.05 bits per heavy atom. The number of furan rings is 1. The summed E-state index contributed by atoms with van der Waals surface area (Å²) in [7, 11) is 0. The van der Waals surface area contributed by atoms with E-state index >= 15 is 0 Å². The molecule has 0 aliphatic heterocycles. The van der Waals surface area contributed by atoms with Crippen LogP contribution in [0.25, 0.3) is 0 Å². The Kier molecular flexibility index (Phi) is 5.66. The van der Waals surface area contributed by atoms with E-state index in [0.29, 0.717) is 24.5 Å². The number of benzene rings is 1. The predicted octanol–water partition coefficient (Wildman–Crippen LogP) is 2.12. The fourth-order valence-corrected chi connectivity index (χ4v) is 2.04. The highest BCUT2D eigenvalue weighted by Crippen LogP contribution is 2.13. The second-order valence-electron chi connectivity index (χ2n) is 4.94. The van der Waals surface area contributed by atoms with E-state index in [9.17, 15) is 5.11 Å². The minimum absolute atomic E-state index is 0.249. The molecule has 0 aliphatic rings. The Balaban J connectivity index is 1.76. The normalized spacial score (nSPS) is 12.5. The second kappa shape index (κ2) is 7.71. The standard InChI is InChI=1S/C16H22N2O3/c1-2-18(11-16-4-3-9-20-16)10-14(19)12-21-15-7-5-13(17)6-8-15/h3-9,14,19H,2,10-12,17H2,1H3. The molecule has 2 aromatic rings. The zero-order valence-corrected chi connectivity index (χ0v) is 12.2. The van der Waals surface area contributed by atoms with E-state index < -0.39 is 6.10 Å². The van der Waals surface area contributed by atoms with Gasteiger partial charge in [-0.25, -0.2) is 0 Å². The monoisotopic (exact) mass is 290 g/mol. The van der Waals surface area contributed by atoms with Crippen LogP contribution in [0.15, 0.2) is 47.1 Å². The summed E-state index contributed by atoms with van der Waals surface area (Å²) in [6, 6.07) is 10.9. The molecule has 0 bridgehead atoms. The Bertz CT molecular complexity index is 511. The van der Waals surface area contributed by atoms with Crippen LogP contribution in [-0.2, 0) is 6.54 Å². The number of nitrogen functional groups attached to an aromatic ring is 1. The lowest BCUT2D eigenvalue weighted by molar-refractivity contribution is 0.0653. The van der Waals surface area contributed by atoms with Crippen molar-refractivity contribution in [3.63, 3.8) is 0 Å². The van der Waals surface area contributed by atoms with E-state index in [1.165, 1.54) is 0 Å². The molecule has 1 aromatic heterocycles. The van der Waals surface area contributed by atoms with Crippen LogP contribution in [-0.4, -0.2) is 35.8 Å². The van der Waals surface area contributed by atoms with E-state index in [-0.39, 0.29) is 6.61 Å². The van der Waals surface area contributed by atoms with Crippen molar-refractivity contribution in [3.05, 3.63) is 48.4 Å². The van der Waals surface area contributed by atoms with Gasteiger partial charge in [0.15, 0.2) is 0 Å². The van der Waals surface area contributed by atoms with Crippen molar-refractivity contribution in [2.24, 2.45) is 0 Å². The van der Waals surface area contributed by atoms with Crippen LogP contribution in [0.4, 0.5) is 5.69 Å². The number of nitrogens with zero attached hydrogens (tertiary/aromatic N) is 1. The molecule has 3 N–H and O–H groups in total. The molecule has 0 amide bonds. The Hall–Kier alpha value is -1.98. The van der Waals surface area contributed by atoms with Crippen LogP contribution >= 0.6 is 0 Å². The molecular weight excluding hydrogens is 268 g/mol. The molecule has 1 heterocycles. The highest BCUT2D eigenvalue weighted by atomic mass is 16.5. The van der Waals surface area contributed by atoms with Crippen molar-refractivity contribution < 1.29 is 14.3 Å². The van der Waals surface area contributed by atoms with Crippen LogP contribution in [0, 0.1) is 0 Å². The number of hydrogen-bond acceptors (Lipinski definition) is 5. The molecule has 0 radical (unpaired) electrons. The third kappa shape index (κ3) is 5.13. The third-order valence-corrected chi connectivity index (χ3v) is 3.20. The molecular formula is C16H22N2O3. The molecule has 0 spiro atoms. The molecule has 1 atom stereocenters. The number of anilines is 1. The maximum absolute atomic E-state index is 10.1. The Morgan fingerprint density at radius 3 is 2.67 bits per heavy atom. The summed E-state index contributed by atoms with van der Waals surface area (Å²) in [6.45, 7) is 4.35. The topological polar surface area (TPSA) is 71.9 Å². The lowest BCUT2D eigenvalue weighted by atomic mass is 10.3. The molecule has 1 unspecified atom stereocenters. The van der Waals surface area contributed by atoms with Crippen LogP contribution in [0.1, 0.15) is 12.7 Å². The number of aliphatic hydroxyl groups is 1. The van der Waals surface area contributed by atoms with E-state index in [4.69, 9.17) is 14.9 Å². The first-order valence-corrected chi connectivity index (χ1v) is 7.08. The number of rotatable bonds is 8. The molecule has 5 nitrogen and oxygen atoms in total. The van der Waals surface area contributed by atoms with Crippen molar-refractivity contribution >= 4 is 5.69 Å². The van der Waals surface area contributed by atoms with Gasteiger partial charge in [-0.15, -0.1) is 0 Å². The fourth-order valence-electron chi connectivity index (χ4n) is 2.04. The molecule has 1 aromatic carbocycles. The molecule has 5 heteroatoms. The molecule has 0 saturated heterocycles.